The monoisotopic (exact) mass is 301 g/mol. The molecule has 0 N–H and O–H groups in total. The van der Waals surface area contributed by atoms with Crippen LogP contribution in [0, 0.1) is 10.1 Å². The van der Waals surface area contributed by atoms with Gasteiger partial charge in [-0.05, 0) is 18.9 Å². The zero-order valence-electron chi connectivity index (χ0n) is 9.26. The zero-order valence-corrected chi connectivity index (χ0v) is 10.8. The lowest BCUT2D eigenvalue weighted by molar-refractivity contribution is -0.385. The summed E-state index contributed by atoms with van der Waals surface area (Å²) in [5.74, 6) is 0.958. The fraction of sp³-hybridized carbons (Fsp3) is 0.455. The highest BCUT2D eigenvalue weighted by Crippen LogP contribution is 2.36. The van der Waals surface area contributed by atoms with Gasteiger partial charge in [0.1, 0.15) is 6.10 Å². The van der Waals surface area contributed by atoms with Gasteiger partial charge in [-0.3, -0.25) is 10.1 Å². The number of hydrogen-bond donors (Lipinski definition) is 0. The predicted octanol–water partition coefficient (Wildman–Crippen LogP) is 2.91. The zero-order chi connectivity index (χ0) is 12.4. The molecule has 0 heterocycles. The molecule has 1 aromatic rings. The second kappa shape index (κ2) is 4.91. The van der Waals surface area contributed by atoms with Crippen molar-refractivity contribution in [3.05, 3.63) is 28.3 Å². The van der Waals surface area contributed by atoms with Crippen LogP contribution in [0.25, 0.3) is 0 Å². The van der Waals surface area contributed by atoms with Crippen LogP contribution in [-0.2, 0) is 0 Å². The average Bonchev–Trinajstić information content (AvgIpc) is 2.26. The number of nitro benzene ring substituents is 1. The van der Waals surface area contributed by atoms with Crippen molar-refractivity contribution >= 4 is 21.6 Å². The van der Waals surface area contributed by atoms with E-state index in [0.717, 1.165) is 12.8 Å². The van der Waals surface area contributed by atoms with Crippen LogP contribution in [0.15, 0.2) is 18.2 Å². The normalized spacial score (nSPS) is 22.7. The van der Waals surface area contributed by atoms with Crippen molar-refractivity contribution in [2.24, 2.45) is 0 Å². The summed E-state index contributed by atoms with van der Waals surface area (Å²) >= 11 is 3.47. The molecule has 0 saturated heterocycles. The van der Waals surface area contributed by atoms with Gasteiger partial charge < -0.3 is 9.47 Å². The van der Waals surface area contributed by atoms with Crippen LogP contribution in [-0.4, -0.2) is 23.0 Å². The highest BCUT2D eigenvalue weighted by molar-refractivity contribution is 9.09. The Morgan fingerprint density at radius 2 is 2.12 bits per heavy atom. The molecule has 1 saturated carbocycles. The summed E-state index contributed by atoms with van der Waals surface area (Å²) in [5, 5.41) is 10.7. The van der Waals surface area contributed by atoms with E-state index in [1.807, 2.05) is 0 Å². The van der Waals surface area contributed by atoms with Crippen molar-refractivity contribution < 1.29 is 14.4 Å². The summed E-state index contributed by atoms with van der Waals surface area (Å²) in [4.78, 5) is 10.7. The molecule has 0 bridgehead atoms. The SMILES string of the molecule is COc1ccc([N+](=O)[O-])cc1OC1CC(Br)C1. The van der Waals surface area contributed by atoms with Crippen LogP contribution >= 0.6 is 15.9 Å². The number of rotatable bonds is 4. The van der Waals surface area contributed by atoms with E-state index in [0.29, 0.717) is 16.3 Å². The minimum atomic E-state index is -0.444. The second-order valence-electron chi connectivity index (χ2n) is 3.90. The molecule has 92 valence electrons. The second-order valence-corrected chi connectivity index (χ2v) is 5.20. The van der Waals surface area contributed by atoms with Gasteiger partial charge >= 0.3 is 0 Å². The third-order valence-corrected chi connectivity index (χ3v) is 3.44. The van der Waals surface area contributed by atoms with Crippen LogP contribution in [0.5, 0.6) is 11.5 Å². The predicted molar refractivity (Wildman–Crippen MR) is 66.0 cm³/mol. The minimum absolute atomic E-state index is 0.00974. The van der Waals surface area contributed by atoms with Crippen molar-refractivity contribution in [1.29, 1.82) is 0 Å². The minimum Gasteiger partial charge on any atom is -0.493 e. The fourth-order valence-corrected chi connectivity index (χ4v) is 2.48. The summed E-state index contributed by atoms with van der Waals surface area (Å²) in [6.45, 7) is 0. The quantitative estimate of drug-likeness (QED) is 0.487. The first-order valence-corrected chi connectivity index (χ1v) is 6.15. The smallest absolute Gasteiger partial charge is 0.273 e. The number of hydrogen-bond acceptors (Lipinski definition) is 4. The number of halogens is 1. The van der Waals surface area contributed by atoms with E-state index in [1.165, 1.54) is 19.2 Å². The fourth-order valence-electron chi connectivity index (χ4n) is 1.65. The molecular weight excluding hydrogens is 290 g/mol. The molecule has 0 atom stereocenters. The van der Waals surface area contributed by atoms with Crippen LogP contribution < -0.4 is 9.47 Å². The molecule has 1 aliphatic rings. The molecular formula is C11H12BrNO4. The van der Waals surface area contributed by atoms with E-state index < -0.39 is 4.92 Å². The molecule has 6 heteroatoms. The van der Waals surface area contributed by atoms with E-state index in [-0.39, 0.29) is 11.8 Å². The Morgan fingerprint density at radius 3 is 2.65 bits per heavy atom. The Bertz CT molecular complexity index is 431. The Morgan fingerprint density at radius 1 is 1.41 bits per heavy atom. The van der Waals surface area contributed by atoms with Crippen LogP contribution in [0.2, 0.25) is 0 Å². The van der Waals surface area contributed by atoms with E-state index in [2.05, 4.69) is 15.9 Å². The highest BCUT2D eigenvalue weighted by atomic mass is 79.9. The third-order valence-electron chi connectivity index (χ3n) is 2.69. The number of alkyl halides is 1. The van der Waals surface area contributed by atoms with Gasteiger partial charge in [0.05, 0.1) is 18.1 Å². The van der Waals surface area contributed by atoms with Crippen molar-refractivity contribution in [3.63, 3.8) is 0 Å². The number of nitro groups is 1. The third kappa shape index (κ3) is 2.69. The average molecular weight is 302 g/mol. The number of benzene rings is 1. The molecule has 0 unspecified atom stereocenters. The molecule has 0 spiro atoms. The standard InChI is InChI=1S/C11H12BrNO4/c1-16-10-3-2-8(13(14)15)6-11(10)17-9-4-7(12)5-9/h2-3,6-7,9H,4-5H2,1H3. The van der Waals surface area contributed by atoms with Crippen molar-refractivity contribution in [3.8, 4) is 11.5 Å². The Kier molecular flexibility index (Phi) is 3.51. The topological polar surface area (TPSA) is 61.6 Å². The lowest BCUT2D eigenvalue weighted by atomic mass is 9.96. The highest BCUT2D eigenvalue weighted by Gasteiger charge is 2.29. The lowest BCUT2D eigenvalue weighted by Crippen LogP contribution is -2.34. The van der Waals surface area contributed by atoms with E-state index >= 15 is 0 Å². The first-order valence-electron chi connectivity index (χ1n) is 5.23. The maximum atomic E-state index is 10.7. The summed E-state index contributed by atoms with van der Waals surface area (Å²) < 4.78 is 10.8. The molecule has 5 nitrogen and oxygen atoms in total. The first-order chi connectivity index (χ1) is 8.10. The molecule has 0 aromatic heterocycles. The summed E-state index contributed by atoms with van der Waals surface area (Å²) in [6, 6.07) is 4.36. The molecule has 1 aliphatic carbocycles. The van der Waals surface area contributed by atoms with Gasteiger partial charge in [-0.25, -0.2) is 0 Å². The first kappa shape index (κ1) is 12.2. The Balaban J connectivity index is 2.17. The lowest BCUT2D eigenvalue weighted by Gasteiger charge is -2.31. The van der Waals surface area contributed by atoms with Gasteiger partial charge in [0.15, 0.2) is 11.5 Å². The van der Waals surface area contributed by atoms with Crippen molar-refractivity contribution in [2.45, 2.75) is 23.8 Å². The van der Waals surface area contributed by atoms with Crippen molar-refractivity contribution in [2.75, 3.05) is 7.11 Å². The number of non-ortho nitro benzene ring substituents is 1. The Hall–Kier alpha value is -1.30. The van der Waals surface area contributed by atoms with Gasteiger partial charge in [0, 0.05) is 10.9 Å². The molecule has 1 fully saturated rings. The van der Waals surface area contributed by atoms with Gasteiger partial charge in [-0.15, -0.1) is 0 Å². The number of nitrogens with zero attached hydrogens (tertiary/aromatic N) is 1. The Labute approximate surface area is 107 Å². The van der Waals surface area contributed by atoms with Crippen molar-refractivity contribution in [1.82, 2.24) is 0 Å². The number of ether oxygens (including phenoxy) is 2. The van der Waals surface area contributed by atoms with Crippen LogP contribution in [0.4, 0.5) is 5.69 Å². The molecule has 0 amide bonds. The molecule has 1 aromatic carbocycles. The van der Waals surface area contributed by atoms with Gasteiger partial charge in [-0.2, -0.15) is 0 Å². The van der Waals surface area contributed by atoms with Gasteiger partial charge in [-0.1, -0.05) is 15.9 Å². The summed E-state index contributed by atoms with van der Waals surface area (Å²) in [5.41, 5.74) is 0.00974. The summed E-state index contributed by atoms with van der Waals surface area (Å²) in [7, 11) is 1.52. The maximum Gasteiger partial charge on any atom is 0.273 e. The van der Waals surface area contributed by atoms with E-state index in [9.17, 15) is 10.1 Å². The van der Waals surface area contributed by atoms with Gasteiger partial charge in [0.2, 0.25) is 0 Å². The van der Waals surface area contributed by atoms with Crippen LogP contribution in [0.1, 0.15) is 12.8 Å². The largest absolute Gasteiger partial charge is 0.493 e. The molecule has 0 aliphatic heterocycles. The molecule has 17 heavy (non-hydrogen) atoms. The molecule has 0 radical (unpaired) electrons. The number of methoxy groups -OCH3 is 1. The van der Waals surface area contributed by atoms with E-state index in [1.54, 1.807) is 6.07 Å². The van der Waals surface area contributed by atoms with Crippen LogP contribution in [0.3, 0.4) is 0 Å². The summed E-state index contributed by atoms with van der Waals surface area (Å²) in [6.07, 6.45) is 1.92. The van der Waals surface area contributed by atoms with E-state index in [4.69, 9.17) is 9.47 Å². The molecule has 2 rings (SSSR count). The van der Waals surface area contributed by atoms with Gasteiger partial charge in [0.25, 0.3) is 5.69 Å². The maximum absolute atomic E-state index is 10.7.